The van der Waals surface area contributed by atoms with Crippen molar-refractivity contribution in [2.45, 2.75) is 30.8 Å². The molecule has 1 aliphatic rings. The van der Waals surface area contributed by atoms with Gasteiger partial charge in [0.05, 0.1) is 10.6 Å². The van der Waals surface area contributed by atoms with Crippen molar-refractivity contribution in [3.05, 3.63) is 125 Å². The number of hydrogen-bond acceptors (Lipinski definition) is 3. The van der Waals surface area contributed by atoms with E-state index < -0.39 is 15.9 Å². The molecule has 7 heteroatoms. The summed E-state index contributed by atoms with van der Waals surface area (Å²) in [7, 11) is -3.84. The Kier molecular flexibility index (Phi) is 6.09. The summed E-state index contributed by atoms with van der Waals surface area (Å²) in [5.41, 5.74) is 3.49. The first-order valence-electron chi connectivity index (χ1n) is 11.4. The van der Waals surface area contributed by atoms with Gasteiger partial charge in [0, 0.05) is 24.3 Å². The number of anilines is 1. The summed E-state index contributed by atoms with van der Waals surface area (Å²) in [6.45, 7) is 2.46. The van der Waals surface area contributed by atoms with Crippen molar-refractivity contribution in [3.63, 3.8) is 0 Å². The minimum absolute atomic E-state index is 0.0762. The van der Waals surface area contributed by atoms with Crippen molar-refractivity contribution < 1.29 is 13.2 Å². The smallest absolute Gasteiger partial charge is 0.278 e. The van der Waals surface area contributed by atoms with Crippen LogP contribution in [0.4, 0.5) is 5.69 Å². The van der Waals surface area contributed by atoms with Gasteiger partial charge in [0.2, 0.25) is 0 Å². The third kappa shape index (κ3) is 4.55. The first kappa shape index (κ1) is 22.8. The predicted molar refractivity (Wildman–Crippen MR) is 136 cm³/mol. The van der Waals surface area contributed by atoms with Crippen LogP contribution in [0.2, 0.25) is 0 Å². The molecule has 1 amide bonds. The van der Waals surface area contributed by atoms with E-state index in [-0.39, 0.29) is 16.5 Å². The highest BCUT2D eigenvalue weighted by Crippen LogP contribution is 2.36. The van der Waals surface area contributed by atoms with Crippen molar-refractivity contribution in [1.82, 2.24) is 4.57 Å². The van der Waals surface area contributed by atoms with Gasteiger partial charge >= 0.3 is 0 Å². The highest BCUT2D eigenvalue weighted by Gasteiger charge is 2.36. The first-order valence-corrected chi connectivity index (χ1v) is 12.9. The van der Waals surface area contributed by atoms with Crippen molar-refractivity contribution >= 4 is 21.6 Å². The maximum atomic E-state index is 13.6. The highest BCUT2D eigenvalue weighted by molar-refractivity contribution is 7.92. The maximum Gasteiger partial charge on any atom is 0.278 e. The van der Waals surface area contributed by atoms with Gasteiger partial charge in [-0.3, -0.25) is 9.10 Å². The number of carbonyl (C=O) groups excluding carboxylic acids is 1. The number of fused-ring (bicyclic) bond motifs is 1. The monoisotopic (exact) mass is 483 g/mol. The number of amides is 1. The number of sulfonamides is 1. The molecular weight excluding hydrogens is 458 g/mol. The molecule has 6 nitrogen and oxygen atoms in total. The van der Waals surface area contributed by atoms with Gasteiger partial charge < -0.3 is 4.57 Å². The van der Waals surface area contributed by atoms with E-state index in [1.165, 1.54) is 16.4 Å². The predicted octanol–water partition coefficient (Wildman–Crippen LogP) is 4.42. The molecule has 4 aromatic rings. The van der Waals surface area contributed by atoms with Crippen LogP contribution in [0.1, 0.15) is 28.4 Å². The first-order chi connectivity index (χ1) is 16.9. The van der Waals surface area contributed by atoms with Gasteiger partial charge in [-0.25, -0.2) is 8.42 Å². The van der Waals surface area contributed by atoms with E-state index in [1.54, 1.807) is 18.2 Å². The molecule has 1 aliphatic heterocycles. The SMILES string of the molecule is CC1Cc2ccccc2N1S(=O)(=O)c1cccc(C(=O)N=c2ccccn2Cc2ccccc2)c1. The lowest BCUT2D eigenvalue weighted by molar-refractivity contribution is 0.0997. The quantitative estimate of drug-likeness (QED) is 0.422. The fourth-order valence-corrected chi connectivity index (χ4v) is 6.20. The van der Waals surface area contributed by atoms with Crippen LogP contribution in [0.25, 0.3) is 0 Å². The van der Waals surface area contributed by atoms with Gasteiger partial charge in [-0.2, -0.15) is 4.99 Å². The molecule has 0 N–H and O–H groups in total. The normalized spacial score (nSPS) is 15.7. The second-order valence-corrected chi connectivity index (χ2v) is 10.4. The fourth-order valence-electron chi connectivity index (χ4n) is 4.46. The van der Waals surface area contributed by atoms with Crippen LogP contribution in [-0.4, -0.2) is 24.9 Å². The lowest BCUT2D eigenvalue weighted by Crippen LogP contribution is -2.35. The van der Waals surface area contributed by atoms with E-state index in [4.69, 9.17) is 0 Å². The van der Waals surface area contributed by atoms with Gasteiger partial charge in [-0.15, -0.1) is 0 Å². The average Bonchev–Trinajstić information content (AvgIpc) is 3.22. The molecular formula is C28H25N3O3S. The highest BCUT2D eigenvalue weighted by atomic mass is 32.2. The molecule has 0 radical (unpaired) electrons. The van der Waals surface area contributed by atoms with Gasteiger partial charge in [-0.05, 0) is 60.9 Å². The van der Waals surface area contributed by atoms with Crippen LogP contribution in [0.15, 0.2) is 113 Å². The number of pyridine rings is 1. The number of para-hydroxylation sites is 1. The Morgan fingerprint density at radius 3 is 2.49 bits per heavy atom. The molecule has 0 fully saturated rings. The Morgan fingerprint density at radius 1 is 0.914 bits per heavy atom. The molecule has 1 atom stereocenters. The summed E-state index contributed by atoms with van der Waals surface area (Å²) in [6.07, 6.45) is 2.52. The van der Waals surface area contributed by atoms with Crippen LogP contribution >= 0.6 is 0 Å². The molecule has 0 saturated heterocycles. The van der Waals surface area contributed by atoms with Gasteiger partial charge in [0.25, 0.3) is 15.9 Å². The standard InChI is InChI=1S/C28H25N3O3S/c1-21-18-23-12-5-6-15-26(23)31(21)35(33,34)25-14-9-13-24(19-25)28(32)29-27-16-7-8-17-30(27)20-22-10-3-2-4-11-22/h2-17,19,21H,18,20H2,1H3. The van der Waals surface area contributed by atoms with Crippen molar-refractivity contribution in [2.75, 3.05) is 4.31 Å². The molecule has 3 aromatic carbocycles. The third-order valence-electron chi connectivity index (χ3n) is 6.11. The summed E-state index contributed by atoms with van der Waals surface area (Å²) in [6, 6.07) is 28.8. The third-order valence-corrected chi connectivity index (χ3v) is 8.04. The average molecular weight is 484 g/mol. The van der Waals surface area contributed by atoms with E-state index >= 15 is 0 Å². The van der Waals surface area contributed by atoms with Gasteiger partial charge in [-0.1, -0.05) is 60.7 Å². The molecule has 0 spiro atoms. The molecule has 0 bridgehead atoms. The number of rotatable bonds is 5. The van der Waals surface area contributed by atoms with E-state index in [1.807, 2.05) is 84.4 Å². The number of aromatic nitrogens is 1. The topological polar surface area (TPSA) is 71.7 Å². The summed E-state index contributed by atoms with van der Waals surface area (Å²) in [4.78, 5) is 17.5. The lowest BCUT2D eigenvalue weighted by Gasteiger charge is -2.24. The molecule has 5 rings (SSSR count). The number of nitrogens with zero attached hydrogens (tertiary/aromatic N) is 3. The van der Waals surface area contributed by atoms with Crippen molar-refractivity contribution in [1.29, 1.82) is 0 Å². The Labute approximate surface area is 204 Å². The molecule has 2 heterocycles. The number of hydrogen-bond donors (Lipinski definition) is 0. The van der Waals surface area contributed by atoms with Crippen LogP contribution in [-0.2, 0) is 23.0 Å². The minimum Gasteiger partial charge on any atom is -0.328 e. The zero-order valence-corrected chi connectivity index (χ0v) is 20.1. The van der Waals surface area contributed by atoms with Gasteiger partial charge in [0.1, 0.15) is 5.49 Å². The molecule has 0 saturated carbocycles. The second-order valence-electron chi connectivity index (χ2n) is 8.60. The van der Waals surface area contributed by atoms with E-state index in [0.29, 0.717) is 24.1 Å². The molecule has 35 heavy (non-hydrogen) atoms. The summed E-state index contributed by atoms with van der Waals surface area (Å²) >= 11 is 0. The number of benzene rings is 3. The number of carbonyl (C=O) groups is 1. The van der Waals surface area contributed by atoms with E-state index in [0.717, 1.165) is 11.1 Å². The Hall–Kier alpha value is -3.97. The molecule has 176 valence electrons. The van der Waals surface area contributed by atoms with E-state index in [9.17, 15) is 13.2 Å². The van der Waals surface area contributed by atoms with Crippen molar-refractivity contribution in [3.8, 4) is 0 Å². The van der Waals surface area contributed by atoms with Crippen LogP contribution in [0.5, 0.6) is 0 Å². The lowest BCUT2D eigenvalue weighted by atomic mass is 10.1. The summed E-state index contributed by atoms with van der Waals surface area (Å²) < 4.78 is 30.5. The zero-order chi connectivity index (χ0) is 24.4. The molecule has 0 aliphatic carbocycles. The summed E-state index contributed by atoms with van der Waals surface area (Å²) in [5.74, 6) is -0.495. The summed E-state index contributed by atoms with van der Waals surface area (Å²) in [5, 5.41) is 0. The van der Waals surface area contributed by atoms with Crippen molar-refractivity contribution in [2.24, 2.45) is 4.99 Å². The zero-order valence-electron chi connectivity index (χ0n) is 19.3. The molecule has 1 unspecified atom stereocenters. The van der Waals surface area contributed by atoms with Gasteiger partial charge in [0.15, 0.2) is 0 Å². The van der Waals surface area contributed by atoms with Crippen LogP contribution < -0.4 is 9.79 Å². The fraction of sp³-hybridized carbons (Fsp3) is 0.143. The largest absolute Gasteiger partial charge is 0.328 e. The Morgan fingerprint density at radius 2 is 1.66 bits per heavy atom. The molecule has 1 aromatic heterocycles. The second kappa shape index (κ2) is 9.35. The Balaban J connectivity index is 1.48. The minimum atomic E-state index is -3.84. The Bertz CT molecular complexity index is 1560. The maximum absolute atomic E-state index is 13.6. The van der Waals surface area contributed by atoms with E-state index in [2.05, 4.69) is 4.99 Å². The van der Waals surface area contributed by atoms with Crippen LogP contribution in [0.3, 0.4) is 0 Å². The van der Waals surface area contributed by atoms with Crippen LogP contribution in [0, 0.1) is 0 Å².